The normalized spacial score (nSPS) is 12.6. The van der Waals surface area contributed by atoms with Crippen LogP contribution in [-0.2, 0) is 9.53 Å². The van der Waals surface area contributed by atoms with Crippen molar-refractivity contribution in [2.45, 2.75) is 6.42 Å². The second-order valence-electron chi connectivity index (χ2n) is 5.61. The van der Waals surface area contributed by atoms with Crippen LogP contribution < -0.4 is 14.8 Å². The van der Waals surface area contributed by atoms with Crippen LogP contribution in [0.25, 0.3) is 0 Å². The lowest BCUT2D eigenvalue weighted by Crippen LogP contribution is -2.21. The topological polar surface area (TPSA) is 117 Å². The average Bonchev–Trinajstić information content (AvgIpc) is 2.91. The molecule has 0 radical (unpaired) electrons. The van der Waals surface area contributed by atoms with E-state index >= 15 is 0 Å². The maximum absolute atomic E-state index is 12.0. The zero-order valence-corrected chi connectivity index (χ0v) is 14.2. The number of hydrogen-bond donors (Lipinski definition) is 1. The molecule has 0 bridgehead atoms. The number of carbonyl (C=O) groups excluding carboxylic acids is 2. The van der Waals surface area contributed by atoms with Crippen molar-refractivity contribution in [1.29, 1.82) is 0 Å². The van der Waals surface area contributed by atoms with Gasteiger partial charge in [-0.1, -0.05) is 12.1 Å². The number of anilines is 1. The molecule has 0 aliphatic carbocycles. The van der Waals surface area contributed by atoms with E-state index < -0.39 is 23.4 Å². The Kier molecular flexibility index (Phi) is 5.50. The first-order chi connectivity index (χ1) is 13.0. The molecule has 1 aliphatic rings. The third-order valence-electron chi connectivity index (χ3n) is 3.69. The van der Waals surface area contributed by atoms with Gasteiger partial charge in [-0.3, -0.25) is 14.9 Å². The molecule has 0 unspecified atom stereocenters. The Bertz CT molecular complexity index is 882. The van der Waals surface area contributed by atoms with Gasteiger partial charge < -0.3 is 19.5 Å². The summed E-state index contributed by atoms with van der Waals surface area (Å²) in [6.07, 6.45) is 0.762. The Morgan fingerprint density at radius 3 is 2.63 bits per heavy atom. The molecule has 0 aromatic heterocycles. The number of carbonyl (C=O) groups is 2. The van der Waals surface area contributed by atoms with E-state index in [-0.39, 0.29) is 11.3 Å². The summed E-state index contributed by atoms with van der Waals surface area (Å²) in [6.45, 7) is 0.484. The summed E-state index contributed by atoms with van der Waals surface area (Å²) in [5.41, 5.74) is -0.150. The molecule has 2 aromatic rings. The number of nitrogens with one attached hydrogen (secondary N) is 1. The third kappa shape index (κ3) is 4.51. The largest absolute Gasteiger partial charge is 0.490 e. The highest BCUT2D eigenvalue weighted by atomic mass is 16.6. The number of benzene rings is 2. The van der Waals surface area contributed by atoms with Crippen molar-refractivity contribution < 1.29 is 28.7 Å². The first-order valence-electron chi connectivity index (χ1n) is 8.14. The number of amides is 1. The molecule has 1 aliphatic heterocycles. The van der Waals surface area contributed by atoms with Gasteiger partial charge in [0.05, 0.1) is 18.1 Å². The van der Waals surface area contributed by atoms with Gasteiger partial charge in [0, 0.05) is 24.2 Å². The maximum Gasteiger partial charge on any atom is 0.345 e. The first-order valence-corrected chi connectivity index (χ1v) is 8.14. The fourth-order valence-electron chi connectivity index (χ4n) is 2.45. The molecule has 0 saturated carbocycles. The average molecular weight is 372 g/mol. The Morgan fingerprint density at radius 2 is 1.85 bits per heavy atom. The van der Waals surface area contributed by atoms with Crippen molar-refractivity contribution in [1.82, 2.24) is 0 Å². The highest BCUT2D eigenvalue weighted by Crippen LogP contribution is 2.32. The molecule has 0 saturated heterocycles. The van der Waals surface area contributed by atoms with Crippen LogP contribution in [0.2, 0.25) is 0 Å². The van der Waals surface area contributed by atoms with E-state index in [9.17, 15) is 19.7 Å². The van der Waals surface area contributed by atoms with E-state index in [0.29, 0.717) is 30.4 Å². The zero-order chi connectivity index (χ0) is 19.2. The van der Waals surface area contributed by atoms with E-state index in [1.807, 2.05) is 0 Å². The van der Waals surface area contributed by atoms with Crippen LogP contribution in [0.3, 0.4) is 0 Å². The van der Waals surface area contributed by atoms with Crippen molar-refractivity contribution in [2.24, 2.45) is 0 Å². The molecule has 9 heteroatoms. The van der Waals surface area contributed by atoms with Crippen LogP contribution in [0.1, 0.15) is 16.8 Å². The molecule has 9 nitrogen and oxygen atoms in total. The minimum Gasteiger partial charge on any atom is -0.490 e. The van der Waals surface area contributed by atoms with Crippen molar-refractivity contribution in [2.75, 3.05) is 25.1 Å². The standard InChI is InChI=1S/C18H16N2O7/c21-17(11-27-18(22)13-4-1-2-5-14(13)20(23)24)19-12-6-7-15-16(10-12)26-9-3-8-25-15/h1-2,4-7,10H,3,8-9,11H2,(H,19,21). The molecular weight excluding hydrogens is 356 g/mol. The Morgan fingerprint density at radius 1 is 1.11 bits per heavy atom. The summed E-state index contributed by atoms with van der Waals surface area (Å²) in [7, 11) is 0. The van der Waals surface area contributed by atoms with Gasteiger partial charge in [0.15, 0.2) is 18.1 Å². The second kappa shape index (κ2) is 8.17. The molecule has 0 fully saturated rings. The van der Waals surface area contributed by atoms with E-state index in [2.05, 4.69) is 5.32 Å². The Labute approximate surface area is 154 Å². The number of rotatable bonds is 5. The molecule has 0 atom stereocenters. The van der Waals surface area contributed by atoms with Crippen LogP contribution >= 0.6 is 0 Å². The van der Waals surface area contributed by atoms with Crippen LogP contribution in [0.15, 0.2) is 42.5 Å². The van der Waals surface area contributed by atoms with Crippen LogP contribution in [-0.4, -0.2) is 36.6 Å². The van der Waals surface area contributed by atoms with Gasteiger partial charge >= 0.3 is 5.97 Å². The molecule has 0 spiro atoms. The molecular formula is C18H16N2O7. The van der Waals surface area contributed by atoms with E-state index in [1.165, 1.54) is 24.3 Å². The number of ether oxygens (including phenoxy) is 3. The van der Waals surface area contributed by atoms with E-state index in [0.717, 1.165) is 6.42 Å². The lowest BCUT2D eigenvalue weighted by atomic mass is 10.2. The van der Waals surface area contributed by atoms with Gasteiger partial charge in [0.25, 0.3) is 11.6 Å². The van der Waals surface area contributed by atoms with Crippen LogP contribution in [0.5, 0.6) is 11.5 Å². The van der Waals surface area contributed by atoms with Crippen molar-refractivity contribution in [3.8, 4) is 11.5 Å². The predicted molar refractivity (Wildman–Crippen MR) is 94.1 cm³/mol. The smallest absolute Gasteiger partial charge is 0.345 e. The fraction of sp³-hybridized carbons (Fsp3) is 0.222. The molecule has 2 aromatic carbocycles. The molecule has 1 heterocycles. The molecule has 1 N–H and O–H groups in total. The quantitative estimate of drug-likeness (QED) is 0.487. The van der Waals surface area contributed by atoms with Gasteiger partial charge in [-0.25, -0.2) is 4.79 Å². The van der Waals surface area contributed by atoms with Gasteiger partial charge in [-0.05, 0) is 18.2 Å². The zero-order valence-electron chi connectivity index (χ0n) is 14.2. The van der Waals surface area contributed by atoms with Gasteiger partial charge in [0.1, 0.15) is 5.56 Å². The monoisotopic (exact) mass is 372 g/mol. The summed E-state index contributed by atoms with van der Waals surface area (Å²) in [5, 5.41) is 13.5. The number of esters is 1. The maximum atomic E-state index is 12.0. The molecule has 1 amide bonds. The third-order valence-corrected chi connectivity index (χ3v) is 3.69. The van der Waals surface area contributed by atoms with Crippen molar-refractivity contribution in [3.63, 3.8) is 0 Å². The fourth-order valence-corrected chi connectivity index (χ4v) is 2.45. The number of para-hydroxylation sites is 1. The molecule has 3 rings (SSSR count). The van der Waals surface area contributed by atoms with E-state index in [4.69, 9.17) is 14.2 Å². The summed E-state index contributed by atoms with van der Waals surface area (Å²) in [6, 6.07) is 10.3. The number of hydrogen-bond acceptors (Lipinski definition) is 7. The second-order valence-corrected chi connectivity index (χ2v) is 5.61. The summed E-state index contributed by atoms with van der Waals surface area (Å²) in [5.74, 6) is -0.428. The lowest BCUT2D eigenvalue weighted by molar-refractivity contribution is -0.385. The summed E-state index contributed by atoms with van der Waals surface area (Å²) < 4.78 is 15.9. The van der Waals surface area contributed by atoms with Crippen LogP contribution in [0, 0.1) is 10.1 Å². The van der Waals surface area contributed by atoms with Gasteiger partial charge in [0.2, 0.25) is 0 Å². The van der Waals surface area contributed by atoms with E-state index in [1.54, 1.807) is 18.2 Å². The molecule has 140 valence electrons. The minimum atomic E-state index is -0.948. The minimum absolute atomic E-state index is 0.217. The first kappa shape index (κ1) is 18.2. The van der Waals surface area contributed by atoms with Gasteiger partial charge in [-0.2, -0.15) is 0 Å². The van der Waals surface area contributed by atoms with Crippen molar-refractivity contribution in [3.05, 3.63) is 58.1 Å². The highest BCUT2D eigenvalue weighted by Gasteiger charge is 2.21. The Hall–Kier alpha value is -3.62. The SMILES string of the molecule is O=C(COC(=O)c1ccccc1[N+](=O)[O-])Nc1ccc2c(c1)OCCCO2. The highest BCUT2D eigenvalue weighted by molar-refractivity contribution is 5.97. The van der Waals surface area contributed by atoms with Crippen molar-refractivity contribution >= 4 is 23.3 Å². The van der Waals surface area contributed by atoms with Gasteiger partial charge in [-0.15, -0.1) is 0 Å². The Balaban J connectivity index is 1.59. The number of fused-ring (bicyclic) bond motifs is 1. The number of nitrogens with zero attached hydrogens (tertiary/aromatic N) is 1. The number of nitro benzene ring substituents is 1. The lowest BCUT2D eigenvalue weighted by Gasteiger charge is -2.10. The van der Waals surface area contributed by atoms with Crippen LogP contribution in [0.4, 0.5) is 11.4 Å². The number of nitro groups is 1. The summed E-state index contributed by atoms with van der Waals surface area (Å²) >= 11 is 0. The molecule has 27 heavy (non-hydrogen) atoms. The summed E-state index contributed by atoms with van der Waals surface area (Å²) in [4.78, 5) is 34.3. The predicted octanol–water partition coefficient (Wildman–Crippen LogP) is 2.55.